The van der Waals surface area contributed by atoms with E-state index in [-0.39, 0.29) is 12.6 Å². The van der Waals surface area contributed by atoms with E-state index in [1.54, 1.807) is 11.9 Å². The molecule has 1 rings (SSSR count). The van der Waals surface area contributed by atoms with E-state index in [9.17, 15) is 13.2 Å². The van der Waals surface area contributed by atoms with Crippen LogP contribution in [-0.2, 0) is 0 Å². The molecule has 0 aromatic carbocycles. The third kappa shape index (κ3) is 3.67. The molecule has 92 valence electrons. The van der Waals surface area contributed by atoms with Crippen molar-refractivity contribution in [2.24, 2.45) is 5.92 Å². The van der Waals surface area contributed by atoms with E-state index in [0.717, 1.165) is 25.7 Å². The zero-order chi connectivity index (χ0) is 12.2. The van der Waals surface area contributed by atoms with Gasteiger partial charge in [0.15, 0.2) is 5.92 Å². The molecule has 0 amide bonds. The van der Waals surface area contributed by atoms with E-state index in [4.69, 9.17) is 5.26 Å². The van der Waals surface area contributed by atoms with Crippen LogP contribution in [0.1, 0.15) is 32.1 Å². The molecule has 1 atom stereocenters. The van der Waals surface area contributed by atoms with Gasteiger partial charge in [0.1, 0.15) is 0 Å². The molecule has 0 radical (unpaired) electrons. The molecule has 0 aromatic rings. The van der Waals surface area contributed by atoms with Crippen LogP contribution in [0.4, 0.5) is 13.2 Å². The van der Waals surface area contributed by atoms with Crippen molar-refractivity contribution in [2.45, 2.75) is 44.3 Å². The van der Waals surface area contributed by atoms with Gasteiger partial charge in [-0.1, -0.05) is 19.3 Å². The molecule has 2 nitrogen and oxygen atoms in total. The summed E-state index contributed by atoms with van der Waals surface area (Å²) >= 11 is 0. The minimum atomic E-state index is -4.41. The molecule has 0 aliphatic heterocycles. The fraction of sp³-hybridized carbons (Fsp3) is 0.909. The number of hydrogen-bond donors (Lipinski definition) is 0. The van der Waals surface area contributed by atoms with Crippen molar-refractivity contribution in [3.8, 4) is 6.07 Å². The highest BCUT2D eigenvalue weighted by atomic mass is 19.4. The van der Waals surface area contributed by atoms with Gasteiger partial charge in [-0.15, -0.1) is 0 Å². The molecule has 1 aliphatic rings. The highest BCUT2D eigenvalue weighted by molar-refractivity contribution is 4.91. The topological polar surface area (TPSA) is 27.0 Å². The number of hydrogen-bond acceptors (Lipinski definition) is 2. The van der Waals surface area contributed by atoms with Crippen molar-refractivity contribution >= 4 is 0 Å². The second-order valence-electron chi connectivity index (χ2n) is 4.45. The molecule has 1 fully saturated rings. The normalized spacial score (nSPS) is 20.8. The first-order valence-corrected chi connectivity index (χ1v) is 5.61. The molecule has 1 aliphatic carbocycles. The highest BCUT2D eigenvalue weighted by Crippen LogP contribution is 2.28. The summed E-state index contributed by atoms with van der Waals surface area (Å²) in [4.78, 5) is 1.69. The monoisotopic (exact) mass is 234 g/mol. The fourth-order valence-electron chi connectivity index (χ4n) is 2.18. The van der Waals surface area contributed by atoms with Gasteiger partial charge in [-0.05, 0) is 19.9 Å². The van der Waals surface area contributed by atoms with Crippen LogP contribution < -0.4 is 0 Å². The Labute approximate surface area is 94.0 Å². The van der Waals surface area contributed by atoms with Gasteiger partial charge in [0.2, 0.25) is 0 Å². The predicted molar refractivity (Wildman–Crippen MR) is 54.7 cm³/mol. The Kier molecular flexibility index (Phi) is 4.60. The first-order valence-electron chi connectivity index (χ1n) is 5.61. The van der Waals surface area contributed by atoms with Gasteiger partial charge in [0.05, 0.1) is 6.07 Å². The molecule has 1 unspecified atom stereocenters. The second kappa shape index (κ2) is 5.53. The summed E-state index contributed by atoms with van der Waals surface area (Å²) in [5.74, 6) is -1.86. The van der Waals surface area contributed by atoms with Crippen molar-refractivity contribution in [1.82, 2.24) is 4.90 Å². The standard InChI is InChI=1S/C11H17F3N2/c1-16(10-5-3-2-4-6-10)8-9(7-15)11(12,13)14/h9-10H,2-6,8H2,1H3. The van der Waals surface area contributed by atoms with Crippen molar-refractivity contribution in [3.63, 3.8) is 0 Å². The summed E-state index contributed by atoms with van der Waals surface area (Å²) in [7, 11) is 1.69. The lowest BCUT2D eigenvalue weighted by Crippen LogP contribution is -2.40. The van der Waals surface area contributed by atoms with Gasteiger partial charge < -0.3 is 4.90 Å². The van der Waals surface area contributed by atoms with Crippen molar-refractivity contribution in [1.29, 1.82) is 5.26 Å². The molecule has 0 spiro atoms. The maximum absolute atomic E-state index is 12.4. The lowest BCUT2D eigenvalue weighted by atomic mass is 9.94. The number of alkyl halides is 3. The molecule has 16 heavy (non-hydrogen) atoms. The molecule has 0 saturated heterocycles. The molecule has 1 saturated carbocycles. The zero-order valence-corrected chi connectivity index (χ0v) is 9.43. The summed E-state index contributed by atoms with van der Waals surface area (Å²) < 4.78 is 37.2. The second-order valence-corrected chi connectivity index (χ2v) is 4.45. The Balaban J connectivity index is 2.48. The Hall–Kier alpha value is -0.760. The zero-order valence-electron chi connectivity index (χ0n) is 9.43. The minimum absolute atomic E-state index is 0.204. The molecule has 5 heteroatoms. The van der Waals surface area contributed by atoms with Gasteiger partial charge in [-0.3, -0.25) is 0 Å². The number of nitrogens with zero attached hydrogens (tertiary/aromatic N) is 2. The SMILES string of the molecule is CN(CC(C#N)C(F)(F)F)C1CCCCC1. The van der Waals surface area contributed by atoms with E-state index in [0.29, 0.717) is 0 Å². The van der Waals surface area contributed by atoms with Gasteiger partial charge >= 0.3 is 6.18 Å². The number of nitriles is 1. The smallest absolute Gasteiger partial charge is 0.302 e. The largest absolute Gasteiger partial charge is 0.405 e. The van der Waals surface area contributed by atoms with Crippen LogP contribution in [0.3, 0.4) is 0 Å². The Morgan fingerprint density at radius 3 is 2.31 bits per heavy atom. The van der Waals surface area contributed by atoms with Crippen LogP contribution in [0.2, 0.25) is 0 Å². The van der Waals surface area contributed by atoms with Gasteiger partial charge in [-0.25, -0.2) is 0 Å². The Bertz CT molecular complexity index is 251. The Morgan fingerprint density at radius 1 is 1.31 bits per heavy atom. The lowest BCUT2D eigenvalue weighted by Gasteiger charge is -2.32. The number of halogens is 3. The lowest BCUT2D eigenvalue weighted by molar-refractivity contribution is -0.163. The van der Waals surface area contributed by atoms with Gasteiger partial charge in [0, 0.05) is 12.6 Å². The maximum atomic E-state index is 12.4. The first kappa shape index (κ1) is 13.3. The van der Waals surface area contributed by atoms with E-state index < -0.39 is 12.1 Å². The molecule has 0 aromatic heterocycles. The summed E-state index contributed by atoms with van der Waals surface area (Å²) in [5.41, 5.74) is 0. The van der Waals surface area contributed by atoms with E-state index in [1.807, 2.05) is 0 Å². The third-order valence-electron chi connectivity index (χ3n) is 3.22. The summed E-state index contributed by atoms with van der Waals surface area (Å²) in [5, 5.41) is 8.51. The van der Waals surface area contributed by atoms with Crippen LogP contribution in [-0.4, -0.2) is 30.7 Å². The van der Waals surface area contributed by atoms with E-state index >= 15 is 0 Å². The fourth-order valence-corrected chi connectivity index (χ4v) is 2.18. The van der Waals surface area contributed by atoms with Crippen LogP contribution in [0, 0.1) is 17.2 Å². The first-order chi connectivity index (χ1) is 7.45. The molecular formula is C11H17F3N2. The van der Waals surface area contributed by atoms with E-state index in [2.05, 4.69) is 0 Å². The number of rotatable bonds is 3. The summed E-state index contributed by atoms with van der Waals surface area (Å²) in [6.07, 6.45) is 0.832. The summed E-state index contributed by atoms with van der Waals surface area (Å²) in [6.45, 7) is -0.204. The van der Waals surface area contributed by atoms with Crippen LogP contribution in [0.15, 0.2) is 0 Å². The van der Waals surface area contributed by atoms with Crippen LogP contribution in [0.25, 0.3) is 0 Å². The van der Waals surface area contributed by atoms with Crippen LogP contribution in [0.5, 0.6) is 0 Å². The quantitative estimate of drug-likeness (QED) is 0.750. The highest BCUT2D eigenvalue weighted by Gasteiger charge is 2.41. The van der Waals surface area contributed by atoms with Crippen molar-refractivity contribution in [3.05, 3.63) is 0 Å². The molecule has 0 heterocycles. The molecule has 0 N–H and O–H groups in total. The molecular weight excluding hydrogens is 217 g/mol. The maximum Gasteiger partial charge on any atom is 0.405 e. The van der Waals surface area contributed by atoms with E-state index in [1.165, 1.54) is 12.5 Å². The predicted octanol–water partition coefficient (Wildman–Crippen LogP) is 2.95. The third-order valence-corrected chi connectivity index (χ3v) is 3.22. The summed E-state index contributed by atoms with van der Waals surface area (Å²) in [6, 6.07) is 1.56. The molecule has 0 bridgehead atoms. The van der Waals surface area contributed by atoms with Gasteiger partial charge in [0.25, 0.3) is 0 Å². The average molecular weight is 234 g/mol. The average Bonchev–Trinajstić information content (AvgIpc) is 2.25. The van der Waals surface area contributed by atoms with Gasteiger partial charge in [-0.2, -0.15) is 18.4 Å². The minimum Gasteiger partial charge on any atom is -0.302 e. The Morgan fingerprint density at radius 2 is 1.88 bits per heavy atom. The van der Waals surface area contributed by atoms with Crippen molar-refractivity contribution < 1.29 is 13.2 Å². The van der Waals surface area contributed by atoms with Crippen LogP contribution >= 0.6 is 0 Å². The van der Waals surface area contributed by atoms with Crippen molar-refractivity contribution in [2.75, 3.05) is 13.6 Å².